The van der Waals surface area contributed by atoms with Crippen molar-refractivity contribution in [3.63, 3.8) is 0 Å². The minimum atomic E-state index is 0.445. The maximum absolute atomic E-state index is 9.81. The van der Waals surface area contributed by atoms with Gasteiger partial charge in [0.2, 0.25) is 0 Å². The molecule has 0 saturated heterocycles. The van der Waals surface area contributed by atoms with Crippen molar-refractivity contribution in [1.82, 2.24) is 0 Å². The molecule has 0 amide bonds. The Labute approximate surface area is 208 Å². The second-order valence-corrected chi connectivity index (χ2v) is 8.44. The number of halogens is 1. The van der Waals surface area contributed by atoms with Crippen molar-refractivity contribution >= 4 is 34.2 Å². The highest BCUT2D eigenvalue weighted by Gasteiger charge is 2.14. The van der Waals surface area contributed by atoms with Crippen LogP contribution in [0.3, 0.4) is 0 Å². The average molecular weight is 555 g/mol. The summed E-state index contributed by atoms with van der Waals surface area (Å²) in [5.41, 5.74) is 4.38. The molecular weight excluding hydrogens is 529 g/mol. The number of allylic oxidation sites excluding steroid dienone is 1. The van der Waals surface area contributed by atoms with E-state index in [2.05, 4.69) is 59.8 Å². The van der Waals surface area contributed by atoms with Crippen molar-refractivity contribution in [2.45, 2.75) is 20.5 Å². The van der Waals surface area contributed by atoms with E-state index in [1.807, 2.05) is 31.2 Å². The van der Waals surface area contributed by atoms with Crippen LogP contribution in [-0.4, -0.2) is 20.8 Å². The van der Waals surface area contributed by atoms with E-state index in [1.165, 1.54) is 5.56 Å². The van der Waals surface area contributed by atoms with Gasteiger partial charge in [-0.1, -0.05) is 29.8 Å². The normalized spacial score (nSPS) is 11.0. The van der Waals surface area contributed by atoms with Gasteiger partial charge in [0.25, 0.3) is 0 Å². The van der Waals surface area contributed by atoms with Crippen LogP contribution in [0.5, 0.6) is 23.0 Å². The maximum Gasteiger partial charge on any atom is 0.175 e. The van der Waals surface area contributed by atoms with Crippen LogP contribution >= 0.6 is 22.6 Å². The first-order valence-corrected chi connectivity index (χ1v) is 11.6. The predicted octanol–water partition coefficient (Wildman–Crippen LogP) is 6.66. The van der Waals surface area contributed by atoms with Crippen LogP contribution < -0.4 is 18.9 Å². The van der Waals surface area contributed by atoms with E-state index in [1.54, 1.807) is 26.4 Å². The summed E-state index contributed by atoms with van der Waals surface area (Å²) in [5.74, 6) is 2.52. The van der Waals surface area contributed by atoms with Gasteiger partial charge in [0.15, 0.2) is 23.0 Å². The second-order valence-electron chi connectivity index (χ2n) is 7.28. The highest BCUT2D eigenvalue weighted by Crippen LogP contribution is 2.37. The first-order chi connectivity index (χ1) is 16.0. The lowest BCUT2D eigenvalue weighted by molar-refractivity contribution is 0.267. The summed E-state index contributed by atoms with van der Waals surface area (Å²) < 4.78 is 23.6. The topological polar surface area (TPSA) is 60.7 Å². The summed E-state index contributed by atoms with van der Waals surface area (Å²) in [6.07, 6.45) is 1.83. The Morgan fingerprint density at radius 2 is 1.67 bits per heavy atom. The van der Waals surface area contributed by atoms with Gasteiger partial charge in [-0.2, -0.15) is 5.26 Å². The Balaban J connectivity index is 1.93. The van der Waals surface area contributed by atoms with Crippen LogP contribution in [0.4, 0.5) is 0 Å². The highest BCUT2D eigenvalue weighted by atomic mass is 127. The van der Waals surface area contributed by atoms with Gasteiger partial charge < -0.3 is 18.9 Å². The standard InChI is InChI=1S/C27H26INO4/c1-5-32-26-14-20(12-22(16-29)21-10-11-24(30-3)25(15-21)31-4)13-23(28)27(26)33-17-19-8-6-18(2)7-9-19/h6-15H,5,17H2,1-4H3/b22-12+. The number of methoxy groups -OCH3 is 2. The molecule has 0 unspecified atom stereocenters. The summed E-state index contributed by atoms with van der Waals surface area (Å²) in [6, 6.07) is 19.8. The number of rotatable bonds is 9. The zero-order valence-electron chi connectivity index (χ0n) is 19.1. The van der Waals surface area contributed by atoms with Gasteiger partial charge >= 0.3 is 0 Å². The zero-order valence-corrected chi connectivity index (χ0v) is 21.3. The molecule has 3 rings (SSSR count). The molecule has 0 heterocycles. The van der Waals surface area contributed by atoms with Crippen LogP contribution in [0.2, 0.25) is 0 Å². The number of aryl methyl sites for hydroxylation is 1. The van der Waals surface area contributed by atoms with Gasteiger partial charge in [0, 0.05) is 0 Å². The number of hydrogen-bond acceptors (Lipinski definition) is 5. The third-order valence-corrected chi connectivity index (χ3v) is 5.76. The molecule has 3 aromatic rings. The average Bonchev–Trinajstić information content (AvgIpc) is 2.82. The zero-order chi connectivity index (χ0) is 23.8. The fourth-order valence-corrected chi connectivity index (χ4v) is 4.05. The monoisotopic (exact) mass is 555 g/mol. The van der Waals surface area contributed by atoms with Crippen molar-refractivity contribution in [2.75, 3.05) is 20.8 Å². The summed E-state index contributed by atoms with van der Waals surface area (Å²) in [6.45, 7) is 4.94. The molecule has 0 aliphatic rings. The molecule has 0 N–H and O–H groups in total. The third kappa shape index (κ3) is 6.20. The van der Waals surface area contributed by atoms with Gasteiger partial charge in [-0.3, -0.25) is 0 Å². The minimum absolute atomic E-state index is 0.445. The lowest BCUT2D eigenvalue weighted by Crippen LogP contribution is -2.02. The van der Waals surface area contributed by atoms with Crippen molar-refractivity contribution in [3.8, 4) is 29.1 Å². The molecule has 33 heavy (non-hydrogen) atoms. The molecule has 0 radical (unpaired) electrons. The third-order valence-electron chi connectivity index (χ3n) is 4.96. The molecule has 0 fully saturated rings. The molecule has 0 bridgehead atoms. The summed E-state index contributed by atoms with van der Waals surface area (Å²) in [7, 11) is 3.15. The van der Waals surface area contributed by atoms with Crippen LogP contribution in [0.25, 0.3) is 11.6 Å². The van der Waals surface area contributed by atoms with Crippen LogP contribution in [0.1, 0.15) is 29.2 Å². The van der Waals surface area contributed by atoms with E-state index < -0.39 is 0 Å². The summed E-state index contributed by atoms with van der Waals surface area (Å²) in [5, 5.41) is 9.81. The summed E-state index contributed by atoms with van der Waals surface area (Å²) >= 11 is 2.24. The molecule has 5 nitrogen and oxygen atoms in total. The van der Waals surface area contributed by atoms with Crippen molar-refractivity contribution in [3.05, 3.63) is 80.4 Å². The Kier molecular flexibility index (Phi) is 8.61. The lowest BCUT2D eigenvalue weighted by Gasteiger charge is -2.15. The Morgan fingerprint density at radius 3 is 2.30 bits per heavy atom. The van der Waals surface area contributed by atoms with Gasteiger partial charge in [-0.15, -0.1) is 0 Å². The van der Waals surface area contributed by atoms with Gasteiger partial charge in [0.05, 0.1) is 36.0 Å². The maximum atomic E-state index is 9.81. The van der Waals surface area contributed by atoms with Crippen LogP contribution in [0, 0.1) is 21.8 Å². The molecule has 0 aromatic heterocycles. The quantitative estimate of drug-likeness (QED) is 0.168. The Bertz CT molecular complexity index is 1180. The minimum Gasteiger partial charge on any atom is -0.493 e. The van der Waals surface area contributed by atoms with Gasteiger partial charge in [-0.25, -0.2) is 0 Å². The molecular formula is C27H26INO4. The Morgan fingerprint density at radius 1 is 0.939 bits per heavy atom. The largest absolute Gasteiger partial charge is 0.493 e. The SMILES string of the molecule is CCOc1cc(/C=C(\C#N)c2ccc(OC)c(OC)c2)cc(I)c1OCc1ccc(C)cc1. The first-order valence-electron chi connectivity index (χ1n) is 10.5. The van der Waals surface area contributed by atoms with Crippen molar-refractivity contribution < 1.29 is 18.9 Å². The van der Waals surface area contributed by atoms with Crippen molar-refractivity contribution in [2.24, 2.45) is 0 Å². The molecule has 0 atom stereocenters. The van der Waals surface area contributed by atoms with E-state index in [9.17, 15) is 5.26 Å². The smallest absolute Gasteiger partial charge is 0.175 e. The van der Waals surface area contributed by atoms with E-state index >= 15 is 0 Å². The van der Waals surface area contributed by atoms with Crippen molar-refractivity contribution in [1.29, 1.82) is 5.26 Å². The molecule has 3 aromatic carbocycles. The van der Waals surface area contributed by atoms with E-state index in [0.717, 1.165) is 20.3 Å². The Hall–Kier alpha value is -3.18. The predicted molar refractivity (Wildman–Crippen MR) is 139 cm³/mol. The molecule has 0 aliphatic heterocycles. The second kappa shape index (κ2) is 11.6. The number of benzene rings is 3. The van der Waals surface area contributed by atoms with Crippen LogP contribution in [0.15, 0.2) is 54.6 Å². The highest BCUT2D eigenvalue weighted by molar-refractivity contribution is 14.1. The fourth-order valence-electron chi connectivity index (χ4n) is 3.26. The molecule has 0 aliphatic carbocycles. The number of hydrogen-bond donors (Lipinski definition) is 0. The van der Waals surface area contributed by atoms with E-state index in [-0.39, 0.29) is 0 Å². The fraction of sp³-hybridized carbons (Fsp3) is 0.222. The van der Waals surface area contributed by atoms with E-state index in [0.29, 0.717) is 41.8 Å². The number of nitriles is 1. The number of nitrogens with zero attached hydrogens (tertiary/aromatic N) is 1. The molecule has 6 heteroatoms. The molecule has 0 saturated carbocycles. The first kappa shape index (κ1) is 24.5. The van der Waals surface area contributed by atoms with Crippen LogP contribution in [-0.2, 0) is 6.61 Å². The van der Waals surface area contributed by atoms with Gasteiger partial charge in [0.1, 0.15) is 6.61 Å². The van der Waals surface area contributed by atoms with E-state index in [4.69, 9.17) is 18.9 Å². The number of ether oxygens (including phenoxy) is 4. The lowest BCUT2D eigenvalue weighted by atomic mass is 10.0. The van der Waals surface area contributed by atoms with Gasteiger partial charge in [-0.05, 0) is 89.5 Å². The summed E-state index contributed by atoms with van der Waals surface area (Å²) in [4.78, 5) is 0. The molecule has 170 valence electrons. The molecule has 0 spiro atoms.